The first-order chi connectivity index (χ1) is 11.5. The Morgan fingerprint density at radius 2 is 1.88 bits per heavy atom. The van der Waals surface area contributed by atoms with Crippen LogP contribution in [0.2, 0.25) is 0 Å². The molecule has 2 aromatic rings. The second-order valence-electron chi connectivity index (χ2n) is 6.19. The van der Waals surface area contributed by atoms with E-state index in [0.717, 1.165) is 16.9 Å². The van der Waals surface area contributed by atoms with Crippen molar-refractivity contribution in [2.24, 2.45) is 0 Å². The average Bonchev–Trinajstić information content (AvgIpc) is 2.59. The number of hydrogen-bond donors (Lipinski definition) is 2. The summed E-state index contributed by atoms with van der Waals surface area (Å²) in [5.74, 6) is -0.168. The second kappa shape index (κ2) is 7.36. The zero-order valence-electron chi connectivity index (χ0n) is 13.3. The molecule has 0 saturated carbocycles. The molecule has 1 atom stereocenters. The Bertz CT molecular complexity index is 720. The van der Waals surface area contributed by atoms with E-state index in [1.54, 1.807) is 12.1 Å². The molecule has 0 bridgehead atoms. The Morgan fingerprint density at radius 3 is 2.62 bits per heavy atom. The van der Waals surface area contributed by atoms with Gasteiger partial charge in [-0.3, -0.25) is 4.79 Å². The minimum Gasteiger partial charge on any atom is -0.388 e. The third kappa shape index (κ3) is 4.36. The molecule has 1 amide bonds. The third-order valence-electron chi connectivity index (χ3n) is 4.30. The zero-order chi connectivity index (χ0) is 17.0. The summed E-state index contributed by atoms with van der Waals surface area (Å²) < 4.78 is 12.8. The first-order valence-corrected chi connectivity index (χ1v) is 8.97. The van der Waals surface area contributed by atoms with Crippen LogP contribution in [0.4, 0.5) is 4.39 Å². The summed E-state index contributed by atoms with van der Waals surface area (Å²) in [6.07, 6.45) is 2.04. The first kappa shape index (κ1) is 17.0. The molecule has 0 unspecified atom stereocenters. The van der Waals surface area contributed by atoms with Gasteiger partial charge in [0.05, 0.1) is 11.4 Å². The molecule has 0 spiro atoms. The number of rotatable bonds is 5. The number of nitrogens with one attached hydrogen (secondary N) is 1. The summed E-state index contributed by atoms with van der Waals surface area (Å²) in [5.41, 5.74) is 1.55. The number of thioether (sulfide) groups is 1. The fourth-order valence-electron chi connectivity index (χ4n) is 2.93. The normalized spacial score (nSPS) is 19.6. The van der Waals surface area contributed by atoms with Crippen molar-refractivity contribution in [3.05, 3.63) is 65.5 Å². The van der Waals surface area contributed by atoms with Crippen molar-refractivity contribution < 1.29 is 14.3 Å². The van der Waals surface area contributed by atoms with E-state index >= 15 is 0 Å². The highest BCUT2D eigenvalue weighted by Gasteiger charge is 2.32. The number of amides is 1. The molecule has 0 radical (unpaired) electrons. The van der Waals surface area contributed by atoms with Crippen LogP contribution in [0.5, 0.6) is 0 Å². The Labute approximate surface area is 145 Å². The molecule has 24 heavy (non-hydrogen) atoms. The van der Waals surface area contributed by atoms with Crippen LogP contribution >= 0.6 is 11.8 Å². The predicted octanol–water partition coefficient (Wildman–Crippen LogP) is 2.95. The molecule has 2 aromatic carbocycles. The second-order valence-corrected chi connectivity index (χ2v) is 7.24. The molecule has 0 aromatic heterocycles. The van der Waals surface area contributed by atoms with E-state index in [4.69, 9.17) is 0 Å². The maximum atomic E-state index is 12.8. The van der Waals surface area contributed by atoms with Crippen molar-refractivity contribution in [3.8, 4) is 0 Å². The first-order valence-electron chi connectivity index (χ1n) is 7.98. The standard InChI is InChI=1S/C19H20FNO2S/c20-16-5-7-17(8-6-16)24-12-18(22)21-13-19(23)10-9-14-3-1-2-4-15(14)11-19/h1-8,23H,9-13H2,(H,21,22)/t19-/m1/s1. The fraction of sp³-hybridized carbons (Fsp3) is 0.316. The summed E-state index contributed by atoms with van der Waals surface area (Å²) >= 11 is 1.35. The molecule has 0 heterocycles. The predicted molar refractivity (Wildman–Crippen MR) is 93.6 cm³/mol. The minimum absolute atomic E-state index is 0.128. The number of aryl methyl sites for hydroxylation is 1. The zero-order valence-corrected chi connectivity index (χ0v) is 14.1. The lowest BCUT2D eigenvalue weighted by Gasteiger charge is -2.33. The van der Waals surface area contributed by atoms with E-state index in [1.165, 1.54) is 29.5 Å². The Morgan fingerprint density at radius 1 is 1.17 bits per heavy atom. The van der Waals surface area contributed by atoms with Gasteiger partial charge in [0, 0.05) is 17.9 Å². The third-order valence-corrected chi connectivity index (χ3v) is 5.31. The summed E-state index contributed by atoms with van der Waals surface area (Å²) in [5, 5.41) is 13.5. The molecule has 0 saturated heterocycles. The van der Waals surface area contributed by atoms with Gasteiger partial charge in [-0.25, -0.2) is 4.39 Å². The molecular formula is C19H20FNO2S. The number of aliphatic hydroxyl groups is 1. The topological polar surface area (TPSA) is 49.3 Å². The molecule has 0 fully saturated rings. The highest BCUT2D eigenvalue weighted by molar-refractivity contribution is 8.00. The number of carbonyl (C=O) groups excluding carboxylic acids is 1. The lowest BCUT2D eigenvalue weighted by atomic mass is 9.80. The maximum absolute atomic E-state index is 12.8. The number of carbonyl (C=O) groups is 1. The van der Waals surface area contributed by atoms with Crippen LogP contribution < -0.4 is 5.32 Å². The molecule has 2 N–H and O–H groups in total. The smallest absolute Gasteiger partial charge is 0.230 e. The highest BCUT2D eigenvalue weighted by Crippen LogP contribution is 2.28. The van der Waals surface area contributed by atoms with Gasteiger partial charge >= 0.3 is 0 Å². The average molecular weight is 345 g/mol. The van der Waals surface area contributed by atoms with Gasteiger partial charge in [0.15, 0.2) is 0 Å². The van der Waals surface area contributed by atoms with Gasteiger partial charge in [0.1, 0.15) is 5.82 Å². The summed E-state index contributed by atoms with van der Waals surface area (Å²) in [6, 6.07) is 14.2. The van der Waals surface area contributed by atoms with Crippen molar-refractivity contribution in [2.45, 2.75) is 29.8 Å². The quantitative estimate of drug-likeness (QED) is 0.819. The molecule has 3 nitrogen and oxygen atoms in total. The van der Waals surface area contributed by atoms with Crippen LogP contribution in [0.15, 0.2) is 53.4 Å². The van der Waals surface area contributed by atoms with Gasteiger partial charge in [0.25, 0.3) is 0 Å². The molecular weight excluding hydrogens is 325 g/mol. The van der Waals surface area contributed by atoms with Crippen LogP contribution in [0.1, 0.15) is 17.5 Å². The lowest BCUT2D eigenvalue weighted by Crippen LogP contribution is -2.47. The van der Waals surface area contributed by atoms with Gasteiger partial charge in [-0.2, -0.15) is 0 Å². The Balaban J connectivity index is 1.48. The van der Waals surface area contributed by atoms with Crippen LogP contribution in [-0.2, 0) is 17.6 Å². The number of fused-ring (bicyclic) bond motifs is 1. The molecule has 0 aliphatic heterocycles. The van der Waals surface area contributed by atoms with E-state index in [9.17, 15) is 14.3 Å². The SMILES string of the molecule is O=C(CSc1ccc(F)cc1)NC[C@@]1(O)CCc2ccccc2C1. The van der Waals surface area contributed by atoms with E-state index in [0.29, 0.717) is 12.8 Å². The van der Waals surface area contributed by atoms with Gasteiger partial charge in [0.2, 0.25) is 5.91 Å². The number of benzene rings is 2. The largest absolute Gasteiger partial charge is 0.388 e. The monoisotopic (exact) mass is 345 g/mol. The Kier molecular flexibility index (Phi) is 5.21. The van der Waals surface area contributed by atoms with Gasteiger partial charge in [-0.15, -0.1) is 11.8 Å². The maximum Gasteiger partial charge on any atom is 0.230 e. The van der Waals surface area contributed by atoms with Crippen LogP contribution in [0, 0.1) is 5.82 Å². The number of halogens is 1. The van der Waals surface area contributed by atoms with Crippen LogP contribution in [0.25, 0.3) is 0 Å². The number of hydrogen-bond acceptors (Lipinski definition) is 3. The van der Waals surface area contributed by atoms with Crippen molar-refractivity contribution in [2.75, 3.05) is 12.3 Å². The highest BCUT2D eigenvalue weighted by atomic mass is 32.2. The summed E-state index contributed by atoms with van der Waals surface area (Å²) in [6.45, 7) is 0.254. The van der Waals surface area contributed by atoms with E-state index in [1.807, 2.05) is 18.2 Å². The van der Waals surface area contributed by atoms with Crippen LogP contribution in [-0.4, -0.2) is 28.9 Å². The Hall–Kier alpha value is -1.85. The van der Waals surface area contributed by atoms with Gasteiger partial charge in [-0.1, -0.05) is 24.3 Å². The van der Waals surface area contributed by atoms with Crippen molar-refractivity contribution in [3.63, 3.8) is 0 Å². The van der Waals surface area contributed by atoms with E-state index in [-0.39, 0.29) is 24.0 Å². The lowest BCUT2D eigenvalue weighted by molar-refractivity contribution is -0.119. The van der Waals surface area contributed by atoms with Gasteiger partial charge in [-0.05, 0) is 48.2 Å². The van der Waals surface area contributed by atoms with E-state index < -0.39 is 5.60 Å². The minimum atomic E-state index is -0.884. The van der Waals surface area contributed by atoms with Crippen molar-refractivity contribution in [1.29, 1.82) is 0 Å². The molecule has 3 rings (SSSR count). The molecule has 1 aliphatic carbocycles. The van der Waals surface area contributed by atoms with Crippen molar-refractivity contribution >= 4 is 17.7 Å². The van der Waals surface area contributed by atoms with Crippen LogP contribution in [0.3, 0.4) is 0 Å². The molecule has 126 valence electrons. The van der Waals surface area contributed by atoms with Gasteiger partial charge < -0.3 is 10.4 Å². The fourth-order valence-corrected chi connectivity index (χ4v) is 3.66. The summed E-state index contributed by atoms with van der Waals surface area (Å²) in [7, 11) is 0. The molecule has 5 heteroatoms. The summed E-state index contributed by atoms with van der Waals surface area (Å²) in [4.78, 5) is 12.8. The van der Waals surface area contributed by atoms with E-state index in [2.05, 4.69) is 11.4 Å². The molecule has 1 aliphatic rings. The van der Waals surface area contributed by atoms with Crippen molar-refractivity contribution in [1.82, 2.24) is 5.32 Å².